The largest absolute Gasteiger partial charge is 0.392 e. The molecule has 1 aliphatic rings. The lowest BCUT2D eigenvalue weighted by molar-refractivity contribution is -0.198. The highest BCUT2D eigenvalue weighted by atomic mass is 32.1. The van der Waals surface area contributed by atoms with Gasteiger partial charge in [-0.15, -0.1) is 11.3 Å². The van der Waals surface area contributed by atoms with Crippen molar-refractivity contribution in [2.24, 2.45) is 11.8 Å². The highest BCUT2D eigenvalue weighted by molar-refractivity contribution is 7.09. The molecule has 0 radical (unpaired) electrons. The van der Waals surface area contributed by atoms with Gasteiger partial charge in [-0.2, -0.15) is 13.2 Å². The van der Waals surface area contributed by atoms with E-state index in [2.05, 4.69) is 10.3 Å². The molecule has 1 saturated carbocycles. The third kappa shape index (κ3) is 4.43. The van der Waals surface area contributed by atoms with E-state index in [1.807, 2.05) is 12.3 Å². The third-order valence-electron chi connectivity index (χ3n) is 3.87. The first-order valence-electron chi connectivity index (χ1n) is 7.13. The van der Waals surface area contributed by atoms with Gasteiger partial charge in [0, 0.05) is 24.3 Å². The van der Waals surface area contributed by atoms with Crippen LogP contribution in [0.5, 0.6) is 0 Å². The summed E-state index contributed by atoms with van der Waals surface area (Å²) in [7, 11) is 0. The average molecular weight is 320 g/mol. The maximum Gasteiger partial charge on any atom is 0.392 e. The highest BCUT2D eigenvalue weighted by Gasteiger charge is 2.47. The van der Waals surface area contributed by atoms with Gasteiger partial charge in [-0.05, 0) is 19.8 Å². The van der Waals surface area contributed by atoms with Crippen LogP contribution in [-0.4, -0.2) is 23.6 Å². The lowest BCUT2D eigenvalue weighted by Gasteiger charge is -2.31. The molecular formula is C14H19F3N2OS. The molecule has 0 bridgehead atoms. The summed E-state index contributed by atoms with van der Waals surface area (Å²) in [5.74, 6) is -2.90. The zero-order chi connectivity index (χ0) is 15.5. The number of halogens is 3. The Kier molecular flexibility index (Phi) is 5.24. The number of hydrogen-bond donors (Lipinski definition) is 1. The number of thiazole rings is 1. The number of nitrogens with zero attached hydrogens (tertiary/aromatic N) is 1. The van der Waals surface area contributed by atoms with Gasteiger partial charge in [0.2, 0.25) is 5.91 Å². The van der Waals surface area contributed by atoms with Crippen molar-refractivity contribution in [2.45, 2.75) is 45.2 Å². The highest BCUT2D eigenvalue weighted by Crippen LogP contribution is 2.41. The maximum atomic E-state index is 13.0. The van der Waals surface area contributed by atoms with Crippen LogP contribution in [0.4, 0.5) is 13.2 Å². The quantitative estimate of drug-likeness (QED) is 0.923. The minimum Gasteiger partial charge on any atom is -0.355 e. The molecule has 1 fully saturated rings. The standard InChI is InChI=1S/C14H19F3N2OS/c1-9-19-10(8-21-9)6-7-18-13(20)11-4-2-3-5-12(11)14(15,16)17/h8,11-12H,2-7H2,1H3,(H,18,20)/t11-,12+/m1/s1. The summed E-state index contributed by atoms with van der Waals surface area (Å²) in [6, 6.07) is 0. The zero-order valence-corrected chi connectivity index (χ0v) is 12.7. The fraction of sp³-hybridized carbons (Fsp3) is 0.714. The molecule has 0 aromatic carbocycles. The molecule has 3 nitrogen and oxygen atoms in total. The smallest absolute Gasteiger partial charge is 0.355 e. The normalized spacial score (nSPS) is 23.0. The molecule has 1 aromatic rings. The molecule has 1 N–H and O–H groups in total. The molecule has 1 aromatic heterocycles. The summed E-state index contributed by atoms with van der Waals surface area (Å²) >= 11 is 1.52. The summed E-state index contributed by atoms with van der Waals surface area (Å²) < 4.78 is 38.9. The van der Waals surface area contributed by atoms with E-state index in [0.29, 0.717) is 32.2 Å². The molecule has 0 spiro atoms. The Hall–Kier alpha value is -1.11. The second-order valence-corrected chi connectivity index (χ2v) is 6.50. The lowest BCUT2D eigenvalue weighted by atomic mass is 9.78. The first-order chi connectivity index (χ1) is 9.88. The van der Waals surface area contributed by atoms with Gasteiger partial charge in [0.15, 0.2) is 0 Å². The molecule has 1 heterocycles. The first-order valence-corrected chi connectivity index (χ1v) is 8.01. The van der Waals surface area contributed by atoms with E-state index in [-0.39, 0.29) is 6.42 Å². The van der Waals surface area contributed by atoms with Crippen molar-refractivity contribution in [1.82, 2.24) is 10.3 Å². The Bertz CT molecular complexity index is 487. The number of amides is 1. The summed E-state index contributed by atoms with van der Waals surface area (Å²) in [5, 5.41) is 5.49. The third-order valence-corrected chi connectivity index (χ3v) is 4.69. The average Bonchev–Trinajstić information content (AvgIpc) is 2.83. The Morgan fingerprint density at radius 1 is 1.43 bits per heavy atom. The van der Waals surface area contributed by atoms with Crippen molar-refractivity contribution in [3.05, 3.63) is 16.1 Å². The van der Waals surface area contributed by atoms with Crippen molar-refractivity contribution in [3.63, 3.8) is 0 Å². The number of aromatic nitrogens is 1. The predicted octanol–water partition coefficient (Wildman–Crippen LogP) is 3.48. The van der Waals surface area contributed by atoms with E-state index in [1.54, 1.807) is 0 Å². The number of nitrogens with one attached hydrogen (secondary N) is 1. The molecule has 1 amide bonds. The van der Waals surface area contributed by atoms with Crippen LogP contribution in [0, 0.1) is 18.8 Å². The van der Waals surface area contributed by atoms with Crippen LogP contribution in [0.15, 0.2) is 5.38 Å². The molecule has 0 unspecified atom stereocenters. The van der Waals surface area contributed by atoms with Gasteiger partial charge in [0.1, 0.15) is 0 Å². The summed E-state index contributed by atoms with van der Waals surface area (Å²) in [4.78, 5) is 16.3. The molecule has 7 heteroatoms. The van der Waals surface area contributed by atoms with Gasteiger partial charge in [0.05, 0.1) is 16.6 Å². The van der Waals surface area contributed by atoms with E-state index < -0.39 is 23.9 Å². The molecule has 21 heavy (non-hydrogen) atoms. The first kappa shape index (κ1) is 16.3. The number of carbonyl (C=O) groups excluding carboxylic acids is 1. The van der Waals surface area contributed by atoms with Crippen LogP contribution in [0.25, 0.3) is 0 Å². The van der Waals surface area contributed by atoms with Crippen LogP contribution < -0.4 is 5.32 Å². The number of hydrogen-bond acceptors (Lipinski definition) is 3. The molecule has 1 aliphatic carbocycles. The predicted molar refractivity (Wildman–Crippen MR) is 75.1 cm³/mol. The monoisotopic (exact) mass is 320 g/mol. The van der Waals surface area contributed by atoms with E-state index in [0.717, 1.165) is 10.7 Å². The van der Waals surface area contributed by atoms with E-state index in [1.165, 1.54) is 11.3 Å². The van der Waals surface area contributed by atoms with Gasteiger partial charge >= 0.3 is 6.18 Å². The van der Waals surface area contributed by atoms with Crippen molar-refractivity contribution in [2.75, 3.05) is 6.54 Å². The summed E-state index contributed by atoms with van der Waals surface area (Å²) in [6.07, 6.45) is -2.10. The minimum atomic E-state index is -4.28. The van der Waals surface area contributed by atoms with Crippen molar-refractivity contribution >= 4 is 17.2 Å². The van der Waals surface area contributed by atoms with E-state index >= 15 is 0 Å². The lowest BCUT2D eigenvalue weighted by Crippen LogP contribution is -2.43. The SMILES string of the molecule is Cc1nc(CCNC(=O)[C@@H]2CCCC[C@@H]2C(F)(F)F)cs1. The van der Waals surface area contributed by atoms with Crippen LogP contribution in [-0.2, 0) is 11.2 Å². The summed E-state index contributed by atoms with van der Waals surface area (Å²) in [6.45, 7) is 2.23. The van der Waals surface area contributed by atoms with Crippen molar-refractivity contribution in [1.29, 1.82) is 0 Å². The van der Waals surface area contributed by atoms with Gasteiger partial charge < -0.3 is 5.32 Å². The van der Waals surface area contributed by atoms with E-state index in [4.69, 9.17) is 0 Å². The van der Waals surface area contributed by atoms with Gasteiger partial charge in [-0.3, -0.25) is 4.79 Å². The van der Waals surface area contributed by atoms with Gasteiger partial charge in [-0.1, -0.05) is 12.8 Å². The Balaban J connectivity index is 1.86. The Morgan fingerprint density at radius 2 is 2.14 bits per heavy atom. The number of rotatable bonds is 4. The molecule has 2 rings (SSSR count). The number of aryl methyl sites for hydroxylation is 1. The van der Waals surface area contributed by atoms with E-state index in [9.17, 15) is 18.0 Å². The maximum absolute atomic E-state index is 13.0. The molecule has 0 aliphatic heterocycles. The van der Waals surface area contributed by atoms with Crippen molar-refractivity contribution < 1.29 is 18.0 Å². The minimum absolute atomic E-state index is 0.0624. The summed E-state index contributed by atoms with van der Waals surface area (Å²) in [5.41, 5.74) is 0.869. The van der Waals surface area contributed by atoms with Crippen LogP contribution in [0.1, 0.15) is 36.4 Å². The Morgan fingerprint density at radius 3 is 2.76 bits per heavy atom. The van der Waals surface area contributed by atoms with Gasteiger partial charge in [-0.25, -0.2) is 4.98 Å². The molecule has 118 valence electrons. The molecule has 2 atom stereocenters. The van der Waals surface area contributed by atoms with Crippen LogP contribution in [0.2, 0.25) is 0 Å². The molecular weight excluding hydrogens is 301 g/mol. The topological polar surface area (TPSA) is 42.0 Å². The second-order valence-electron chi connectivity index (χ2n) is 5.44. The Labute approximate surface area is 126 Å². The van der Waals surface area contributed by atoms with Crippen LogP contribution >= 0.6 is 11.3 Å². The number of alkyl halides is 3. The fourth-order valence-corrected chi connectivity index (χ4v) is 3.45. The molecule has 0 saturated heterocycles. The van der Waals surface area contributed by atoms with Crippen molar-refractivity contribution in [3.8, 4) is 0 Å². The van der Waals surface area contributed by atoms with Gasteiger partial charge in [0.25, 0.3) is 0 Å². The zero-order valence-electron chi connectivity index (χ0n) is 11.9. The fourth-order valence-electron chi connectivity index (χ4n) is 2.80. The number of carbonyl (C=O) groups is 1. The second kappa shape index (κ2) is 6.77. The van der Waals surface area contributed by atoms with Crippen LogP contribution in [0.3, 0.4) is 0 Å².